The van der Waals surface area contributed by atoms with Crippen molar-refractivity contribution in [2.24, 2.45) is 0 Å². The van der Waals surface area contributed by atoms with Crippen molar-refractivity contribution in [3.05, 3.63) is 94.3 Å². The molecule has 0 atom stereocenters. The van der Waals surface area contributed by atoms with Crippen LogP contribution in [0.3, 0.4) is 0 Å². The summed E-state index contributed by atoms with van der Waals surface area (Å²) in [5, 5.41) is 13.7. The molecular weight excluding hydrogens is 427 g/mol. The lowest BCUT2D eigenvalue weighted by atomic mass is 10.2. The maximum Gasteiger partial charge on any atom is 0.321 e. The van der Waals surface area contributed by atoms with Crippen molar-refractivity contribution in [1.82, 2.24) is 4.90 Å². The molecule has 1 aliphatic rings. The predicted octanol–water partition coefficient (Wildman–Crippen LogP) is 4.67. The topological polar surface area (TPSA) is 88.0 Å². The molecular formula is C24H23FN4O4. The number of halogens is 1. The van der Waals surface area contributed by atoms with Gasteiger partial charge in [0, 0.05) is 55.8 Å². The zero-order valence-corrected chi connectivity index (χ0v) is 17.8. The molecule has 0 aliphatic carbocycles. The third kappa shape index (κ3) is 5.76. The van der Waals surface area contributed by atoms with Gasteiger partial charge in [0.25, 0.3) is 5.69 Å². The van der Waals surface area contributed by atoms with Crippen LogP contribution in [0.15, 0.2) is 72.8 Å². The molecule has 170 valence electrons. The third-order valence-corrected chi connectivity index (χ3v) is 5.37. The number of nitro benzene ring substituents is 1. The molecule has 0 aromatic heterocycles. The molecule has 0 saturated carbocycles. The summed E-state index contributed by atoms with van der Waals surface area (Å²) in [4.78, 5) is 26.9. The smallest absolute Gasteiger partial charge is 0.321 e. The summed E-state index contributed by atoms with van der Waals surface area (Å²) in [7, 11) is 0. The number of anilines is 2. The Morgan fingerprint density at radius 3 is 2.42 bits per heavy atom. The molecule has 9 heteroatoms. The van der Waals surface area contributed by atoms with Crippen LogP contribution in [-0.2, 0) is 6.61 Å². The van der Waals surface area contributed by atoms with Crippen molar-refractivity contribution < 1.29 is 18.8 Å². The third-order valence-electron chi connectivity index (χ3n) is 5.37. The molecule has 0 spiro atoms. The molecule has 1 fully saturated rings. The molecule has 1 heterocycles. The number of carbonyl (C=O) groups is 1. The van der Waals surface area contributed by atoms with Crippen molar-refractivity contribution in [3.63, 3.8) is 0 Å². The molecule has 1 N–H and O–H groups in total. The molecule has 4 rings (SSSR count). The minimum atomic E-state index is -0.423. The van der Waals surface area contributed by atoms with Gasteiger partial charge in [-0.1, -0.05) is 18.2 Å². The highest BCUT2D eigenvalue weighted by molar-refractivity contribution is 5.89. The zero-order chi connectivity index (χ0) is 23.2. The summed E-state index contributed by atoms with van der Waals surface area (Å²) in [6, 6.07) is 19.5. The standard InChI is InChI=1S/C24H23FN4O4/c25-19-4-1-3-18(15-19)17-33-23-6-2-5-20(16-23)26-24(30)28-13-11-27(12-14-28)21-7-9-22(10-8-21)29(31)32/h1-10,15-16H,11-14,17H2,(H,26,30). The number of ether oxygens (including phenoxy) is 1. The number of nitrogens with one attached hydrogen (secondary N) is 1. The second kappa shape index (κ2) is 9.99. The first-order valence-corrected chi connectivity index (χ1v) is 10.5. The first kappa shape index (κ1) is 22.1. The maximum atomic E-state index is 13.3. The first-order chi connectivity index (χ1) is 16.0. The number of carbonyl (C=O) groups excluding carboxylic acids is 1. The molecule has 0 unspecified atom stereocenters. The van der Waals surface area contributed by atoms with Gasteiger partial charge in [-0.05, 0) is 42.0 Å². The summed E-state index contributed by atoms with van der Waals surface area (Å²) in [5.74, 6) is 0.255. The second-order valence-corrected chi connectivity index (χ2v) is 7.62. The highest BCUT2D eigenvalue weighted by Crippen LogP contribution is 2.22. The first-order valence-electron chi connectivity index (χ1n) is 10.5. The SMILES string of the molecule is O=C(Nc1cccc(OCc2cccc(F)c2)c1)N1CCN(c2ccc([N+](=O)[O-])cc2)CC1. The van der Waals surface area contributed by atoms with Crippen LogP contribution >= 0.6 is 0 Å². The lowest BCUT2D eigenvalue weighted by Crippen LogP contribution is -2.50. The lowest BCUT2D eigenvalue weighted by molar-refractivity contribution is -0.384. The summed E-state index contributed by atoms with van der Waals surface area (Å²) >= 11 is 0. The number of non-ortho nitro benzene ring substituents is 1. The Kier molecular flexibility index (Phi) is 6.68. The van der Waals surface area contributed by atoms with E-state index in [0.717, 1.165) is 11.3 Å². The van der Waals surface area contributed by atoms with Crippen LogP contribution in [-0.4, -0.2) is 42.0 Å². The molecule has 1 saturated heterocycles. The van der Waals surface area contributed by atoms with E-state index in [1.54, 1.807) is 53.4 Å². The molecule has 0 radical (unpaired) electrons. The van der Waals surface area contributed by atoms with Crippen LogP contribution in [0.25, 0.3) is 0 Å². The van der Waals surface area contributed by atoms with E-state index < -0.39 is 4.92 Å². The zero-order valence-electron chi connectivity index (χ0n) is 17.8. The summed E-state index contributed by atoms with van der Waals surface area (Å²) in [6.07, 6.45) is 0. The van der Waals surface area contributed by atoms with Crippen molar-refractivity contribution in [3.8, 4) is 5.75 Å². The number of hydrogen-bond donors (Lipinski definition) is 1. The Balaban J connectivity index is 1.29. The number of piperazine rings is 1. The Morgan fingerprint density at radius 1 is 1.00 bits per heavy atom. The fourth-order valence-corrected chi connectivity index (χ4v) is 3.61. The Bertz CT molecular complexity index is 1130. The van der Waals surface area contributed by atoms with Crippen molar-refractivity contribution >= 4 is 23.1 Å². The number of urea groups is 1. The van der Waals surface area contributed by atoms with Gasteiger partial charge < -0.3 is 19.9 Å². The Morgan fingerprint density at radius 2 is 1.73 bits per heavy atom. The van der Waals surface area contributed by atoms with Gasteiger partial charge in [0.1, 0.15) is 18.2 Å². The van der Waals surface area contributed by atoms with Crippen LogP contribution in [0.2, 0.25) is 0 Å². The van der Waals surface area contributed by atoms with Crippen LogP contribution in [0, 0.1) is 15.9 Å². The number of nitrogens with zero attached hydrogens (tertiary/aromatic N) is 3. The monoisotopic (exact) mass is 450 g/mol. The van der Waals surface area contributed by atoms with E-state index >= 15 is 0 Å². The average molecular weight is 450 g/mol. The van der Waals surface area contributed by atoms with Gasteiger partial charge in [-0.15, -0.1) is 0 Å². The minimum absolute atomic E-state index is 0.0545. The predicted molar refractivity (Wildman–Crippen MR) is 123 cm³/mol. The quantitative estimate of drug-likeness (QED) is 0.436. The van der Waals surface area contributed by atoms with E-state index in [0.29, 0.717) is 37.6 Å². The summed E-state index contributed by atoms with van der Waals surface area (Å²) in [5.41, 5.74) is 2.27. The highest BCUT2D eigenvalue weighted by Gasteiger charge is 2.22. The Labute approximate surface area is 190 Å². The molecule has 3 aromatic rings. The normalized spacial score (nSPS) is 13.5. The highest BCUT2D eigenvalue weighted by atomic mass is 19.1. The van der Waals surface area contributed by atoms with Gasteiger partial charge in [0.15, 0.2) is 0 Å². The van der Waals surface area contributed by atoms with Crippen LogP contribution in [0.4, 0.5) is 26.2 Å². The lowest BCUT2D eigenvalue weighted by Gasteiger charge is -2.36. The number of rotatable bonds is 6. The van der Waals surface area contributed by atoms with Gasteiger partial charge in [-0.2, -0.15) is 0 Å². The van der Waals surface area contributed by atoms with Gasteiger partial charge >= 0.3 is 6.03 Å². The summed E-state index contributed by atoms with van der Waals surface area (Å²) < 4.78 is 19.0. The fourth-order valence-electron chi connectivity index (χ4n) is 3.61. The van der Waals surface area contributed by atoms with Gasteiger partial charge in [0.2, 0.25) is 0 Å². The van der Waals surface area contributed by atoms with E-state index in [4.69, 9.17) is 4.74 Å². The van der Waals surface area contributed by atoms with Crippen molar-refractivity contribution in [2.45, 2.75) is 6.61 Å². The van der Waals surface area contributed by atoms with Gasteiger partial charge in [-0.3, -0.25) is 10.1 Å². The van der Waals surface area contributed by atoms with Crippen LogP contribution < -0.4 is 15.0 Å². The van der Waals surface area contributed by atoms with Crippen LogP contribution in [0.1, 0.15) is 5.56 Å². The molecule has 1 aliphatic heterocycles. The molecule has 3 aromatic carbocycles. The van der Waals surface area contributed by atoms with E-state index in [-0.39, 0.29) is 24.1 Å². The van der Waals surface area contributed by atoms with Gasteiger partial charge in [-0.25, -0.2) is 9.18 Å². The van der Waals surface area contributed by atoms with Crippen molar-refractivity contribution in [1.29, 1.82) is 0 Å². The fraction of sp³-hybridized carbons (Fsp3) is 0.208. The average Bonchev–Trinajstić information content (AvgIpc) is 2.83. The maximum absolute atomic E-state index is 13.3. The number of benzene rings is 3. The summed E-state index contributed by atoms with van der Waals surface area (Å²) in [6.45, 7) is 2.53. The van der Waals surface area contributed by atoms with Gasteiger partial charge in [0.05, 0.1) is 4.92 Å². The number of amides is 2. The second-order valence-electron chi connectivity index (χ2n) is 7.62. The number of nitro groups is 1. The van der Waals surface area contributed by atoms with E-state index in [1.807, 2.05) is 0 Å². The molecule has 2 amide bonds. The van der Waals surface area contributed by atoms with Crippen molar-refractivity contribution in [2.75, 3.05) is 36.4 Å². The Hall–Kier alpha value is -4.14. The van der Waals surface area contributed by atoms with Crippen LogP contribution in [0.5, 0.6) is 5.75 Å². The molecule has 8 nitrogen and oxygen atoms in total. The molecule has 0 bridgehead atoms. The van der Waals surface area contributed by atoms with E-state index in [9.17, 15) is 19.3 Å². The van der Waals surface area contributed by atoms with E-state index in [2.05, 4.69) is 10.2 Å². The largest absolute Gasteiger partial charge is 0.489 e. The van der Waals surface area contributed by atoms with E-state index in [1.165, 1.54) is 24.3 Å². The number of hydrogen-bond acceptors (Lipinski definition) is 5. The minimum Gasteiger partial charge on any atom is -0.489 e. The molecule has 33 heavy (non-hydrogen) atoms.